The summed E-state index contributed by atoms with van der Waals surface area (Å²) in [5.41, 5.74) is 5.14. The van der Waals surface area contributed by atoms with Gasteiger partial charge in [0.15, 0.2) is 0 Å². The number of nitrogens with zero attached hydrogens (tertiary/aromatic N) is 2. The lowest BCUT2D eigenvalue weighted by atomic mass is 10.1. The highest BCUT2D eigenvalue weighted by Gasteiger charge is 2.33. The topological polar surface area (TPSA) is 86.8 Å². The van der Waals surface area contributed by atoms with Crippen LogP contribution in [0.4, 0.5) is 5.69 Å². The first kappa shape index (κ1) is 28.9. The molecule has 0 saturated carbocycles. The molecule has 0 unspecified atom stereocenters. The van der Waals surface area contributed by atoms with Crippen molar-refractivity contribution in [2.24, 2.45) is 0 Å². The van der Waals surface area contributed by atoms with Crippen LogP contribution in [0.5, 0.6) is 0 Å². The van der Waals surface area contributed by atoms with E-state index < -0.39 is 28.5 Å². The largest absolute Gasteiger partial charge is 0.357 e. The molecule has 3 aromatic rings. The van der Waals surface area contributed by atoms with Crippen LogP contribution in [0.25, 0.3) is 0 Å². The molecule has 0 fully saturated rings. The fraction of sp³-hybridized carbons (Fsp3) is 0.333. The fourth-order valence-corrected chi connectivity index (χ4v) is 5.75. The molecule has 0 aromatic heterocycles. The van der Waals surface area contributed by atoms with Crippen molar-refractivity contribution >= 4 is 27.5 Å². The van der Waals surface area contributed by atoms with Crippen LogP contribution in [0.1, 0.15) is 41.2 Å². The molecule has 0 aliphatic carbocycles. The maximum Gasteiger partial charge on any atom is 0.264 e. The molecule has 0 aliphatic rings. The molecule has 202 valence electrons. The fourth-order valence-electron chi connectivity index (χ4n) is 4.34. The van der Waals surface area contributed by atoms with Gasteiger partial charge in [0, 0.05) is 13.6 Å². The minimum absolute atomic E-state index is 0.0951. The number of aryl methyl sites for hydroxylation is 4. The first-order valence-electron chi connectivity index (χ1n) is 12.7. The van der Waals surface area contributed by atoms with Crippen LogP contribution in [0, 0.1) is 27.7 Å². The maximum absolute atomic E-state index is 14.0. The molecule has 38 heavy (non-hydrogen) atoms. The molecular weight excluding hydrogens is 498 g/mol. The second-order valence-electron chi connectivity index (χ2n) is 9.64. The third-order valence-corrected chi connectivity index (χ3v) is 8.52. The van der Waals surface area contributed by atoms with E-state index in [9.17, 15) is 18.0 Å². The maximum atomic E-state index is 14.0. The zero-order valence-corrected chi connectivity index (χ0v) is 23.8. The van der Waals surface area contributed by atoms with E-state index in [1.807, 2.05) is 65.0 Å². The summed E-state index contributed by atoms with van der Waals surface area (Å²) in [6.07, 6.45) is 0.381. The van der Waals surface area contributed by atoms with E-state index in [4.69, 9.17) is 0 Å². The van der Waals surface area contributed by atoms with Crippen molar-refractivity contribution in [3.8, 4) is 0 Å². The molecule has 0 spiro atoms. The highest BCUT2D eigenvalue weighted by atomic mass is 32.2. The van der Waals surface area contributed by atoms with Gasteiger partial charge < -0.3 is 10.2 Å². The lowest BCUT2D eigenvalue weighted by Gasteiger charge is -2.33. The highest BCUT2D eigenvalue weighted by molar-refractivity contribution is 7.92. The molecule has 0 heterocycles. The monoisotopic (exact) mass is 535 g/mol. The van der Waals surface area contributed by atoms with E-state index >= 15 is 0 Å². The van der Waals surface area contributed by atoms with E-state index in [1.54, 1.807) is 36.4 Å². The van der Waals surface area contributed by atoms with Gasteiger partial charge in [0.1, 0.15) is 12.6 Å². The second-order valence-corrected chi connectivity index (χ2v) is 11.5. The summed E-state index contributed by atoms with van der Waals surface area (Å²) in [7, 11) is -2.55. The number of hydrogen-bond donors (Lipinski definition) is 1. The lowest BCUT2D eigenvalue weighted by Crippen LogP contribution is -2.51. The number of carbonyl (C=O) groups is 2. The van der Waals surface area contributed by atoms with Gasteiger partial charge in [0.2, 0.25) is 11.8 Å². The number of sulfonamides is 1. The van der Waals surface area contributed by atoms with Crippen LogP contribution >= 0.6 is 0 Å². The highest BCUT2D eigenvalue weighted by Crippen LogP contribution is 2.27. The molecule has 0 radical (unpaired) electrons. The van der Waals surface area contributed by atoms with E-state index in [1.165, 1.54) is 11.9 Å². The predicted molar refractivity (Wildman–Crippen MR) is 152 cm³/mol. The van der Waals surface area contributed by atoms with Gasteiger partial charge in [0.25, 0.3) is 10.0 Å². The molecule has 0 bridgehead atoms. The first-order chi connectivity index (χ1) is 18.0. The molecule has 3 aromatic carbocycles. The van der Waals surface area contributed by atoms with Gasteiger partial charge in [-0.05, 0) is 75.1 Å². The van der Waals surface area contributed by atoms with Crippen molar-refractivity contribution in [2.75, 3.05) is 17.9 Å². The van der Waals surface area contributed by atoms with E-state index in [2.05, 4.69) is 5.32 Å². The van der Waals surface area contributed by atoms with E-state index in [0.29, 0.717) is 12.1 Å². The van der Waals surface area contributed by atoms with Crippen LogP contribution in [0.15, 0.2) is 71.6 Å². The van der Waals surface area contributed by atoms with Crippen molar-refractivity contribution < 1.29 is 18.0 Å². The molecule has 7 nitrogen and oxygen atoms in total. The van der Waals surface area contributed by atoms with Crippen molar-refractivity contribution in [1.29, 1.82) is 0 Å². The zero-order chi connectivity index (χ0) is 28.0. The van der Waals surface area contributed by atoms with Gasteiger partial charge in [-0.2, -0.15) is 0 Å². The summed E-state index contributed by atoms with van der Waals surface area (Å²) in [4.78, 5) is 28.3. The molecule has 3 rings (SSSR count). The number of carbonyl (C=O) groups excluding carboxylic acids is 2. The Morgan fingerprint density at radius 2 is 1.55 bits per heavy atom. The van der Waals surface area contributed by atoms with Crippen LogP contribution < -0.4 is 9.62 Å². The average molecular weight is 536 g/mol. The lowest BCUT2D eigenvalue weighted by molar-refractivity contribution is -0.140. The normalized spacial score (nSPS) is 12.1. The Labute approximate surface area is 226 Å². The number of rotatable bonds is 10. The first-order valence-corrected chi connectivity index (χ1v) is 14.1. The summed E-state index contributed by atoms with van der Waals surface area (Å²) >= 11 is 0. The van der Waals surface area contributed by atoms with Crippen LogP contribution in [-0.4, -0.2) is 44.8 Å². The number of likely N-dealkylation sites (N-methyl/N-ethyl adjacent to an activating group) is 1. The molecule has 0 aliphatic heterocycles. The predicted octanol–water partition coefficient (Wildman–Crippen LogP) is 4.67. The third-order valence-electron chi connectivity index (χ3n) is 6.73. The Morgan fingerprint density at radius 1 is 0.868 bits per heavy atom. The minimum Gasteiger partial charge on any atom is -0.357 e. The number of nitrogens with one attached hydrogen (secondary N) is 1. The van der Waals surface area contributed by atoms with Crippen LogP contribution in [-0.2, 0) is 26.2 Å². The number of benzene rings is 3. The molecule has 1 atom stereocenters. The Hall–Kier alpha value is -3.65. The summed E-state index contributed by atoms with van der Waals surface area (Å²) in [5.74, 6) is -0.761. The van der Waals surface area contributed by atoms with Gasteiger partial charge in [-0.15, -0.1) is 0 Å². The van der Waals surface area contributed by atoms with Gasteiger partial charge in [0.05, 0.1) is 10.6 Å². The zero-order valence-electron chi connectivity index (χ0n) is 23.0. The van der Waals surface area contributed by atoms with Crippen molar-refractivity contribution in [1.82, 2.24) is 10.2 Å². The van der Waals surface area contributed by atoms with Crippen LogP contribution in [0.2, 0.25) is 0 Å². The summed E-state index contributed by atoms with van der Waals surface area (Å²) in [5, 5.41) is 2.64. The molecule has 2 amide bonds. The van der Waals surface area contributed by atoms with E-state index in [0.717, 1.165) is 32.1 Å². The van der Waals surface area contributed by atoms with Gasteiger partial charge in [-0.1, -0.05) is 60.5 Å². The average Bonchev–Trinajstić information content (AvgIpc) is 2.88. The van der Waals surface area contributed by atoms with Crippen molar-refractivity contribution in [2.45, 2.75) is 58.5 Å². The van der Waals surface area contributed by atoms with Gasteiger partial charge in [-0.3, -0.25) is 13.9 Å². The SMILES string of the molecule is CC[C@@H](C(=O)NC)N(Cc1cccc(C)c1)C(=O)CN(c1ccc(C)c(C)c1)S(=O)(=O)c1ccc(C)cc1. The van der Waals surface area contributed by atoms with Gasteiger partial charge >= 0.3 is 0 Å². The molecule has 1 N–H and O–H groups in total. The quantitative estimate of drug-likeness (QED) is 0.409. The molecule has 8 heteroatoms. The Balaban J connectivity index is 2.09. The van der Waals surface area contributed by atoms with Gasteiger partial charge in [-0.25, -0.2) is 8.42 Å². The Kier molecular flexibility index (Phi) is 9.33. The number of amides is 2. The summed E-state index contributed by atoms with van der Waals surface area (Å²) < 4.78 is 29.0. The van der Waals surface area contributed by atoms with E-state index in [-0.39, 0.29) is 17.3 Å². The summed E-state index contributed by atoms with van der Waals surface area (Å²) in [6, 6.07) is 18.9. The Morgan fingerprint density at radius 3 is 2.13 bits per heavy atom. The van der Waals surface area contributed by atoms with Crippen LogP contribution in [0.3, 0.4) is 0 Å². The standard InChI is InChI=1S/C30H37N3O4S/c1-7-28(30(35)31-6)32(19-25-10-8-9-22(3)17-25)29(34)20-33(26-14-13-23(4)24(5)18-26)38(36,37)27-15-11-21(2)12-16-27/h8-18,28H,7,19-20H2,1-6H3,(H,31,35)/t28-/m0/s1. The Bertz CT molecular complexity index is 1400. The second kappa shape index (κ2) is 12.3. The van der Waals surface area contributed by atoms with Crippen molar-refractivity contribution in [3.63, 3.8) is 0 Å². The minimum atomic E-state index is -4.08. The smallest absolute Gasteiger partial charge is 0.264 e. The molecule has 0 saturated heterocycles. The van der Waals surface area contributed by atoms with Crippen molar-refractivity contribution in [3.05, 3.63) is 94.5 Å². The third kappa shape index (κ3) is 6.61. The molecular formula is C30H37N3O4S. The summed E-state index contributed by atoms with van der Waals surface area (Å²) in [6.45, 7) is 9.26. The number of anilines is 1. The number of hydrogen-bond acceptors (Lipinski definition) is 4.